The first-order valence-electron chi connectivity index (χ1n) is 4.88. The Hall–Kier alpha value is -2.04. The Labute approximate surface area is 91.7 Å². The fourth-order valence-electron chi connectivity index (χ4n) is 1.49. The second kappa shape index (κ2) is 3.84. The predicted molar refractivity (Wildman–Crippen MR) is 55.3 cm³/mol. The van der Waals surface area contributed by atoms with Gasteiger partial charge in [0.1, 0.15) is 5.56 Å². The van der Waals surface area contributed by atoms with Crippen molar-refractivity contribution in [2.45, 2.75) is 19.8 Å². The van der Waals surface area contributed by atoms with Crippen LogP contribution in [0.4, 0.5) is 0 Å². The van der Waals surface area contributed by atoms with Crippen molar-refractivity contribution in [1.82, 2.24) is 5.16 Å². The largest absolute Gasteiger partial charge is 0.477 e. The zero-order chi connectivity index (χ0) is 11.7. The molecule has 0 aromatic carbocycles. The fraction of sp³-hybridized carbons (Fsp3) is 0.273. The van der Waals surface area contributed by atoms with Crippen molar-refractivity contribution in [2.75, 3.05) is 0 Å². The van der Waals surface area contributed by atoms with Crippen molar-refractivity contribution in [3.05, 3.63) is 29.7 Å². The Kier molecular flexibility index (Phi) is 2.52. The second-order valence-electron chi connectivity index (χ2n) is 3.71. The normalized spacial score (nSPS) is 10.9. The van der Waals surface area contributed by atoms with Gasteiger partial charge in [-0.05, 0) is 12.1 Å². The standard InChI is InChI=1S/C11H11NO4/c1-6(2)10-8(11(13)14)9(12-16-10)7-4-3-5-15-7/h3-6H,1-2H3,(H,13,14). The van der Waals surface area contributed by atoms with E-state index in [1.807, 2.05) is 13.8 Å². The van der Waals surface area contributed by atoms with Gasteiger partial charge in [0.15, 0.2) is 17.2 Å². The molecule has 0 unspecified atom stereocenters. The van der Waals surface area contributed by atoms with Crippen LogP contribution in [0.5, 0.6) is 0 Å². The van der Waals surface area contributed by atoms with Crippen molar-refractivity contribution in [2.24, 2.45) is 0 Å². The van der Waals surface area contributed by atoms with Gasteiger partial charge in [-0.3, -0.25) is 0 Å². The zero-order valence-corrected chi connectivity index (χ0v) is 8.93. The smallest absolute Gasteiger partial charge is 0.341 e. The first-order chi connectivity index (χ1) is 7.61. The number of carbonyl (C=O) groups is 1. The van der Waals surface area contributed by atoms with Crippen LogP contribution in [0.2, 0.25) is 0 Å². The van der Waals surface area contributed by atoms with Crippen LogP contribution in [0.3, 0.4) is 0 Å². The molecule has 5 nitrogen and oxygen atoms in total. The summed E-state index contributed by atoms with van der Waals surface area (Å²) in [6.07, 6.45) is 1.46. The molecule has 84 valence electrons. The van der Waals surface area contributed by atoms with E-state index in [0.717, 1.165) is 0 Å². The summed E-state index contributed by atoms with van der Waals surface area (Å²) in [6.45, 7) is 3.69. The highest BCUT2D eigenvalue weighted by Crippen LogP contribution is 2.29. The van der Waals surface area contributed by atoms with Crippen molar-refractivity contribution in [3.63, 3.8) is 0 Å². The summed E-state index contributed by atoms with van der Waals surface area (Å²) >= 11 is 0. The highest BCUT2D eigenvalue weighted by Gasteiger charge is 2.26. The minimum Gasteiger partial charge on any atom is -0.477 e. The predicted octanol–water partition coefficient (Wildman–Crippen LogP) is 2.76. The SMILES string of the molecule is CC(C)c1onc(-c2ccco2)c1C(=O)O. The highest BCUT2D eigenvalue weighted by molar-refractivity contribution is 5.95. The minimum absolute atomic E-state index is 0.0395. The third-order valence-electron chi connectivity index (χ3n) is 2.21. The zero-order valence-electron chi connectivity index (χ0n) is 8.93. The fourth-order valence-corrected chi connectivity index (χ4v) is 1.49. The third-order valence-corrected chi connectivity index (χ3v) is 2.21. The lowest BCUT2D eigenvalue weighted by atomic mass is 10.0. The Morgan fingerprint density at radius 1 is 1.50 bits per heavy atom. The van der Waals surface area contributed by atoms with Crippen LogP contribution in [-0.2, 0) is 0 Å². The van der Waals surface area contributed by atoms with Gasteiger partial charge in [0, 0.05) is 5.92 Å². The Bertz CT molecular complexity index is 496. The van der Waals surface area contributed by atoms with E-state index in [1.165, 1.54) is 6.26 Å². The molecule has 2 heterocycles. The topological polar surface area (TPSA) is 76.5 Å². The van der Waals surface area contributed by atoms with Crippen LogP contribution in [0.1, 0.15) is 35.9 Å². The number of aromatic carboxylic acids is 1. The molecular weight excluding hydrogens is 210 g/mol. The Morgan fingerprint density at radius 2 is 2.25 bits per heavy atom. The molecule has 0 radical (unpaired) electrons. The molecule has 0 spiro atoms. The van der Waals surface area contributed by atoms with Crippen molar-refractivity contribution < 1.29 is 18.8 Å². The van der Waals surface area contributed by atoms with Crippen LogP contribution in [0, 0.1) is 0 Å². The molecule has 1 N–H and O–H groups in total. The summed E-state index contributed by atoms with van der Waals surface area (Å²) in [5.74, 6) is -0.342. The summed E-state index contributed by atoms with van der Waals surface area (Å²) in [5.41, 5.74) is 0.311. The van der Waals surface area contributed by atoms with Gasteiger partial charge in [-0.1, -0.05) is 19.0 Å². The maximum absolute atomic E-state index is 11.2. The van der Waals surface area contributed by atoms with E-state index < -0.39 is 5.97 Å². The van der Waals surface area contributed by atoms with Crippen LogP contribution < -0.4 is 0 Å². The van der Waals surface area contributed by atoms with Crippen LogP contribution in [0.15, 0.2) is 27.3 Å². The van der Waals surface area contributed by atoms with Crippen LogP contribution in [0.25, 0.3) is 11.5 Å². The molecular formula is C11H11NO4. The average molecular weight is 221 g/mol. The number of nitrogens with zero attached hydrogens (tertiary/aromatic N) is 1. The lowest BCUT2D eigenvalue weighted by Gasteiger charge is -1.99. The van der Waals surface area contributed by atoms with Gasteiger partial charge < -0.3 is 14.0 Å². The van der Waals surface area contributed by atoms with E-state index in [1.54, 1.807) is 12.1 Å². The monoisotopic (exact) mass is 221 g/mol. The number of carboxylic acid groups (broad SMARTS) is 1. The molecule has 16 heavy (non-hydrogen) atoms. The number of furan rings is 1. The van der Waals surface area contributed by atoms with E-state index in [0.29, 0.717) is 11.5 Å². The average Bonchev–Trinajstić information content (AvgIpc) is 2.85. The summed E-state index contributed by atoms with van der Waals surface area (Å²) < 4.78 is 10.2. The summed E-state index contributed by atoms with van der Waals surface area (Å²) in [5, 5.41) is 12.9. The molecule has 0 amide bonds. The molecule has 0 atom stereocenters. The molecule has 5 heteroatoms. The van der Waals surface area contributed by atoms with Gasteiger partial charge in [0.2, 0.25) is 0 Å². The minimum atomic E-state index is -1.06. The van der Waals surface area contributed by atoms with Gasteiger partial charge in [-0.25, -0.2) is 4.79 Å². The molecule has 0 aliphatic heterocycles. The van der Waals surface area contributed by atoms with E-state index in [9.17, 15) is 4.79 Å². The summed E-state index contributed by atoms with van der Waals surface area (Å²) in [6, 6.07) is 3.32. The number of aromatic nitrogens is 1. The number of hydrogen-bond donors (Lipinski definition) is 1. The highest BCUT2D eigenvalue weighted by atomic mass is 16.5. The van der Waals surface area contributed by atoms with Crippen LogP contribution >= 0.6 is 0 Å². The first kappa shape index (κ1) is 10.5. The second-order valence-corrected chi connectivity index (χ2v) is 3.71. The van der Waals surface area contributed by atoms with Crippen LogP contribution in [-0.4, -0.2) is 16.2 Å². The Morgan fingerprint density at radius 3 is 2.75 bits per heavy atom. The maximum atomic E-state index is 11.2. The summed E-state index contributed by atoms with van der Waals surface area (Å²) in [4.78, 5) is 11.2. The number of carboxylic acids is 1. The molecule has 2 rings (SSSR count). The van der Waals surface area contributed by atoms with E-state index in [-0.39, 0.29) is 17.2 Å². The van der Waals surface area contributed by atoms with Crippen molar-refractivity contribution in [1.29, 1.82) is 0 Å². The summed E-state index contributed by atoms with van der Waals surface area (Å²) in [7, 11) is 0. The van der Waals surface area contributed by atoms with Gasteiger partial charge >= 0.3 is 5.97 Å². The van der Waals surface area contributed by atoms with Gasteiger partial charge in [-0.2, -0.15) is 0 Å². The lowest BCUT2D eigenvalue weighted by molar-refractivity contribution is 0.0694. The molecule has 2 aromatic heterocycles. The first-order valence-corrected chi connectivity index (χ1v) is 4.88. The number of rotatable bonds is 3. The van der Waals surface area contributed by atoms with Crippen molar-refractivity contribution >= 4 is 5.97 Å². The molecule has 0 saturated carbocycles. The molecule has 0 aliphatic rings. The van der Waals surface area contributed by atoms with Gasteiger partial charge in [0.05, 0.1) is 6.26 Å². The quantitative estimate of drug-likeness (QED) is 0.862. The van der Waals surface area contributed by atoms with E-state index >= 15 is 0 Å². The molecule has 0 bridgehead atoms. The third kappa shape index (κ3) is 1.60. The van der Waals surface area contributed by atoms with Gasteiger partial charge in [-0.15, -0.1) is 0 Å². The van der Waals surface area contributed by atoms with Gasteiger partial charge in [0.25, 0.3) is 0 Å². The lowest BCUT2D eigenvalue weighted by Crippen LogP contribution is -2.02. The molecule has 0 saturated heterocycles. The molecule has 0 fully saturated rings. The maximum Gasteiger partial charge on any atom is 0.341 e. The van der Waals surface area contributed by atoms with E-state index in [4.69, 9.17) is 14.0 Å². The number of hydrogen-bond acceptors (Lipinski definition) is 4. The molecule has 2 aromatic rings. The Balaban J connectivity index is 2.59. The van der Waals surface area contributed by atoms with Crippen molar-refractivity contribution in [3.8, 4) is 11.5 Å². The molecule has 0 aliphatic carbocycles. The van der Waals surface area contributed by atoms with E-state index in [2.05, 4.69) is 5.16 Å².